The van der Waals surface area contributed by atoms with E-state index >= 15 is 0 Å². The minimum Gasteiger partial charge on any atom is -0.349 e. The van der Waals surface area contributed by atoms with E-state index in [2.05, 4.69) is 38.2 Å². The van der Waals surface area contributed by atoms with Gasteiger partial charge in [0.1, 0.15) is 0 Å². The van der Waals surface area contributed by atoms with Gasteiger partial charge in [0, 0.05) is 12.6 Å². The van der Waals surface area contributed by atoms with Crippen molar-refractivity contribution >= 4 is 0 Å². The number of nitrogens with one attached hydrogen (secondary N) is 1. The Bertz CT molecular complexity index is 219. The predicted molar refractivity (Wildman–Crippen MR) is 70.1 cm³/mol. The smallest absolute Gasteiger partial charge is 0.162 e. The number of ether oxygens (including phenoxy) is 2. The first-order valence-corrected chi connectivity index (χ1v) is 6.49. The summed E-state index contributed by atoms with van der Waals surface area (Å²) in [5.41, 5.74) is 0. The Morgan fingerprint density at radius 1 is 1.24 bits per heavy atom. The van der Waals surface area contributed by atoms with Gasteiger partial charge >= 0.3 is 0 Å². The van der Waals surface area contributed by atoms with Crippen LogP contribution in [0.5, 0.6) is 0 Å². The van der Waals surface area contributed by atoms with E-state index in [9.17, 15) is 0 Å². The van der Waals surface area contributed by atoms with Crippen molar-refractivity contribution in [3.05, 3.63) is 0 Å². The van der Waals surface area contributed by atoms with E-state index in [0.29, 0.717) is 18.0 Å². The third kappa shape index (κ3) is 5.34. The minimum atomic E-state index is -0.424. The highest BCUT2D eigenvalue weighted by Crippen LogP contribution is 2.17. The maximum Gasteiger partial charge on any atom is 0.162 e. The molecule has 1 aliphatic heterocycles. The molecule has 0 aromatic heterocycles. The van der Waals surface area contributed by atoms with Gasteiger partial charge in [-0.05, 0) is 33.9 Å². The summed E-state index contributed by atoms with van der Waals surface area (Å²) in [4.78, 5) is 2.21. The first-order chi connectivity index (χ1) is 7.80. The zero-order valence-electron chi connectivity index (χ0n) is 12.1. The van der Waals surface area contributed by atoms with Gasteiger partial charge in [0.15, 0.2) is 5.79 Å². The molecule has 0 aromatic carbocycles. The Morgan fingerprint density at radius 3 is 2.18 bits per heavy atom. The van der Waals surface area contributed by atoms with Gasteiger partial charge in [-0.2, -0.15) is 0 Å². The van der Waals surface area contributed by atoms with E-state index in [1.54, 1.807) is 0 Å². The van der Waals surface area contributed by atoms with E-state index in [-0.39, 0.29) is 0 Å². The molecule has 0 aliphatic carbocycles. The normalized spacial score (nSPS) is 23.3. The fourth-order valence-electron chi connectivity index (χ4n) is 1.94. The van der Waals surface area contributed by atoms with Gasteiger partial charge in [0.2, 0.25) is 0 Å². The zero-order valence-corrected chi connectivity index (χ0v) is 12.1. The second-order valence-electron chi connectivity index (χ2n) is 6.00. The molecule has 4 heteroatoms. The van der Waals surface area contributed by atoms with E-state index in [0.717, 1.165) is 19.8 Å². The summed E-state index contributed by atoms with van der Waals surface area (Å²) >= 11 is 0. The van der Waals surface area contributed by atoms with Crippen molar-refractivity contribution in [3.63, 3.8) is 0 Å². The Labute approximate surface area is 106 Å². The molecule has 1 aliphatic rings. The second-order valence-corrected chi connectivity index (χ2v) is 6.00. The van der Waals surface area contributed by atoms with E-state index in [4.69, 9.17) is 9.47 Å². The Hall–Kier alpha value is -0.160. The minimum absolute atomic E-state index is 0.301. The fraction of sp³-hybridized carbons (Fsp3) is 1.00. The molecule has 1 heterocycles. The highest BCUT2D eigenvalue weighted by molar-refractivity contribution is 4.81. The highest BCUT2D eigenvalue weighted by Gasteiger charge is 2.29. The van der Waals surface area contributed by atoms with Crippen LogP contribution in [-0.4, -0.2) is 56.6 Å². The summed E-state index contributed by atoms with van der Waals surface area (Å²) in [6.07, 6.45) is 0. The van der Waals surface area contributed by atoms with Crippen LogP contribution in [0.4, 0.5) is 0 Å². The van der Waals surface area contributed by atoms with E-state index in [1.165, 1.54) is 0 Å². The Kier molecular flexibility index (Phi) is 5.38. The zero-order chi connectivity index (χ0) is 13.1. The predicted octanol–water partition coefficient (Wildman–Crippen LogP) is 1.31. The van der Waals surface area contributed by atoms with E-state index < -0.39 is 5.79 Å². The van der Waals surface area contributed by atoms with Crippen LogP contribution in [-0.2, 0) is 9.47 Å². The maximum absolute atomic E-state index is 5.67. The lowest BCUT2D eigenvalue weighted by atomic mass is 10.0. The largest absolute Gasteiger partial charge is 0.349 e. The number of nitrogens with zero attached hydrogens (tertiary/aromatic N) is 1. The summed E-state index contributed by atoms with van der Waals surface area (Å²) < 4.78 is 11.3. The molecule has 0 saturated carbocycles. The van der Waals surface area contributed by atoms with Gasteiger partial charge < -0.3 is 19.7 Å². The lowest BCUT2D eigenvalue weighted by Gasteiger charge is -2.38. The quantitative estimate of drug-likeness (QED) is 0.791. The molecule has 0 aromatic rings. The summed E-state index contributed by atoms with van der Waals surface area (Å²) in [6.45, 7) is 10.9. The van der Waals surface area contributed by atoms with Crippen LogP contribution in [0.3, 0.4) is 0 Å². The first kappa shape index (κ1) is 14.9. The molecule has 4 nitrogen and oxygen atoms in total. The molecule has 1 fully saturated rings. The van der Waals surface area contributed by atoms with Gasteiger partial charge in [0.25, 0.3) is 0 Å². The highest BCUT2D eigenvalue weighted by atomic mass is 16.7. The van der Waals surface area contributed by atoms with Crippen LogP contribution in [0.15, 0.2) is 0 Å². The maximum atomic E-state index is 5.67. The number of rotatable bonds is 5. The van der Waals surface area contributed by atoms with Gasteiger partial charge in [-0.1, -0.05) is 13.8 Å². The molecule has 1 N–H and O–H groups in total. The molecule has 0 radical (unpaired) electrons. The van der Waals surface area contributed by atoms with Crippen molar-refractivity contribution in [3.8, 4) is 0 Å². The molecule has 1 rings (SSSR count). The lowest BCUT2D eigenvalue weighted by Crippen LogP contribution is -2.54. The molecule has 17 heavy (non-hydrogen) atoms. The topological polar surface area (TPSA) is 33.7 Å². The third-order valence-electron chi connectivity index (χ3n) is 3.08. The third-order valence-corrected chi connectivity index (χ3v) is 3.08. The summed E-state index contributed by atoms with van der Waals surface area (Å²) in [6, 6.07) is 0.777. The molecule has 0 amide bonds. The van der Waals surface area contributed by atoms with Crippen molar-refractivity contribution in [2.24, 2.45) is 5.92 Å². The van der Waals surface area contributed by atoms with Crippen molar-refractivity contribution in [2.45, 2.75) is 45.6 Å². The van der Waals surface area contributed by atoms with Crippen LogP contribution in [0.1, 0.15) is 27.7 Å². The Morgan fingerprint density at radius 2 is 1.76 bits per heavy atom. The Balaban J connectivity index is 2.41. The molecule has 102 valence electrons. The SMILES string of the molecule is CC(C)C(CN(C)C)NC1COC(C)(C)OC1. The standard InChI is InChI=1S/C13H28N2O2/c1-10(2)12(7-15(5)6)14-11-8-16-13(3,4)17-9-11/h10-12,14H,7-9H2,1-6H3. The average molecular weight is 244 g/mol. The number of hydrogen-bond donors (Lipinski definition) is 1. The molecule has 1 unspecified atom stereocenters. The van der Waals surface area contributed by atoms with Gasteiger partial charge in [-0.15, -0.1) is 0 Å². The van der Waals surface area contributed by atoms with Crippen molar-refractivity contribution in [1.82, 2.24) is 10.2 Å². The molecule has 1 atom stereocenters. The van der Waals surface area contributed by atoms with E-state index in [1.807, 2.05) is 13.8 Å². The van der Waals surface area contributed by atoms with Gasteiger partial charge in [0.05, 0.1) is 19.3 Å². The van der Waals surface area contributed by atoms with Crippen LogP contribution in [0.2, 0.25) is 0 Å². The van der Waals surface area contributed by atoms with Crippen LogP contribution in [0.25, 0.3) is 0 Å². The van der Waals surface area contributed by atoms with Gasteiger partial charge in [-0.25, -0.2) is 0 Å². The monoisotopic (exact) mass is 244 g/mol. The van der Waals surface area contributed by atoms with Gasteiger partial charge in [-0.3, -0.25) is 0 Å². The van der Waals surface area contributed by atoms with Crippen molar-refractivity contribution in [2.75, 3.05) is 33.9 Å². The molecular weight excluding hydrogens is 216 g/mol. The lowest BCUT2D eigenvalue weighted by molar-refractivity contribution is -0.253. The molecule has 0 bridgehead atoms. The number of likely N-dealkylation sites (N-methyl/N-ethyl adjacent to an activating group) is 1. The fourth-order valence-corrected chi connectivity index (χ4v) is 1.94. The second kappa shape index (κ2) is 6.14. The summed E-state index contributed by atoms with van der Waals surface area (Å²) in [5.74, 6) is 0.180. The number of hydrogen-bond acceptors (Lipinski definition) is 4. The summed E-state index contributed by atoms with van der Waals surface area (Å²) in [7, 11) is 4.21. The molecule has 1 saturated heterocycles. The van der Waals surface area contributed by atoms with Crippen LogP contribution < -0.4 is 5.32 Å². The van der Waals surface area contributed by atoms with Crippen molar-refractivity contribution < 1.29 is 9.47 Å². The first-order valence-electron chi connectivity index (χ1n) is 6.49. The van der Waals surface area contributed by atoms with Crippen molar-refractivity contribution in [1.29, 1.82) is 0 Å². The van der Waals surface area contributed by atoms with Crippen LogP contribution >= 0.6 is 0 Å². The average Bonchev–Trinajstić information content (AvgIpc) is 2.19. The van der Waals surface area contributed by atoms with Crippen LogP contribution in [0, 0.1) is 5.92 Å². The molecular formula is C13H28N2O2. The molecule has 0 spiro atoms. The summed E-state index contributed by atoms with van der Waals surface area (Å²) in [5, 5.41) is 3.63.